The highest BCUT2D eigenvalue weighted by atomic mass is 16.5. The Labute approximate surface area is 128 Å². The highest BCUT2D eigenvalue weighted by molar-refractivity contribution is 5.29. The van der Waals surface area contributed by atoms with E-state index >= 15 is 0 Å². The Bertz CT molecular complexity index is 415. The molecule has 0 amide bonds. The Morgan fingerprint density at radius 2 is 2.10 bits per heavy atom. The standard InChI is InChI=1S/C17H28N2O2/c1-13(19(3)12-16-6-5-11-21-16)17(18-2)14-7-9-15(20-4)10-8-14/h7-10,13,16-18H,5-6,11-12H2,1-4H3. The fourth-order valence-corrected chi connectivity index (χ4v) is 3.03. The third-order valence-corrected chi connectivity index (χ3v) is 4.48. The molecule has 1 aliphatic rings. The molecule has 1 fully saturated rings. The lowest BCUT2D eigenvalue weighted by molar-refractivity contribution is 0.0644. The van der Waals surface area contributed by atoms with Crippen LogP contribution in [0.4, 0.5) is 0 Å². The van der Waals surface area contributed by atoms with E-state index in [4.69, 9.17) is 9.47 Å². The summed E-state index contributed by atoms with van der Waals surface area (Å²) >= 11 is 0. The highest BCUT2D eigenvalue weighted by Gasteiger charge is 2.25. The first-order chi connectivity index (χ1) is 10.2. The number of benzene rings is 1. The number of rotatable bonds is 7. The Kier molecular flexibility index (Phi) is 6.03. The molecule has 0 spiro atoms. The van der Waals surface area contributed by atoms with Crippen LogP contribution in [0, 0.1) is 0 Å². The van der Waals surface area contributed by atoms with E-state index in [0.717, 1.165) is 18.9 Å². The number of nitrogens with zero attached hydrogens (tertiary/aromatic N) is 1. The van der Waals surface area contributed by atoms with Gasteiger partial charge in [0.05, 0.1) is 13.2 Å². The number of nitrogens with one attached hydrogen (secondary N) is 1. The molecule has 1 saturated heterocycles. The molecule has 1 aromatic rings. The molecule has 0 aromatic heterocycles. The number of hydrogen-bond acceptors (Lipinski definition) is 4. The van der Waals surface area contributed by atoms with Gasteiger partial charge in [-0.3, -0.25) is 4.90 Å². The van der Waals surface area contributed by atoms with Crippen molar-refractivity contribution in [1.29, 1.82) is 0 Å². The van der Waals surface area contributed by atoms with E-state index in [0.29, 0.717) is 18.2 Å². The van der Waals surface area contributed by atoms with Crippen molar-refractivity contribution in [2.24, 2.45) is 0 Å². The Balaban J connectivity index is 2.00. The minimum Gasteiger partial charge on any atom is -0.497 e. The van der Waals surface area contributed by atoms with Gasteiger partial charge in [0.2, 0.25) is 0 Å². The third-order valence-electron chi connectivity index (χ3n) is 4.48. The van der Waals surface area contributed by atoms with Gasteiger partial charge in [0.1, 0.15) is 5.75 Å². The maximum atomic E-state index is 5.74. The summed E-state index contributed by atoms with van der Waals surface area (Å²) in [6, 6.07) is 9.00. The molecule has 21 heavy (non-hydrogen) atoms. The fraction of sp³-hybridized carbons (Fsp3) is 0.647. The van der Waals surface area contributed by atoms with Crippen molar-refractivity contribution in [3.8, 4) is 5.75 Å². The molecular weight excluding hydrogens is 264 g/mol. The molecule has 3 atom stereocenters. The number of likely N-dealkylation sites (N-methyl/N-ethyl adjacent to an activating group) is 2. The van der Waals surface area contributed by atoms with E-state index in [1.54, 1.807) is 7.11 Å². The lowest BCUT2D eigenvalue weighted by atomic mass is 9.99. The summed E-state index contributed by atoms with van der Waals surface area (Å²) < 4.78 is 11.0. The highest BCUT2D eigenvalue weighted by Crippen LogP contribution is 2.23. The summed E-state index contributed by atoms with van der Waals surface area (Å²) in [5.74, 6) is 0.897. The Morgan fingerprint density at radius 3 is 2.62 bits per heavy atom. The third kappa shape index (κ3) is 4.19. The maximum absolute atomic E-state index is 5.74. The quantitative estimate of drug-likeness (QED) is 0.837. The molecule has 4 heteroatoms. The largest absolute Gasteiger partial charge is 0.497 e. The summed E-state index contributed by atoms with van der Waals surface area (Å²) in [6.45, 7) is 4.18. The van der Waals surface area contributed by atoms with E-state index in [1.807, 2.05) is 19.2 Å². The van der Waals surface area contributed by atoms with Gasteiger partial charge >= 0.3 is 0 Å². The zero-order valence-electron chi connectivity index (χ0n) is 13.6. The van der Waals surface area contributed by atoms with Gasteiger partial charge in [-0.05, 0) is 51.6 Å². The maximum Gasteiger partial charge on any atom is 0.118 e. The summed E-state index contributed by atoms with van der Waals surface area (Å²) in [5.41, 5.74) is 1.28. The first kappa shape index (κ1) is 16.3. The lowest BCUT2D eigenvalue weighted by Crippen LogP contribution is -2.43. The van der Waals surface area contributed by atoms with Crippen molar-refractivity contribution in [3.05, 3.63) is 29.8 Å². The normalized spacial score (nSPS) is 21.5. The lowest BCUT2D eigenvalue weighted by Gasteiger charge is -2.33. The van der Waals surface area contributed by atoms with E-state index < -0.39 is 0 Å². The molecular formula is C17H28N2O2. The molecule has 4 nitrogen and oxygen atoms in total. The molecule has 2 rings (SSSR count). The Hall–Kier alpha value is -1.10. The van der Waals surface area contributed by atoms with Crippen LogP contribution in [-0.4, -0.2) is 51.4 Å². The second-order valence-corrected chi connectivity index (χ2v) is 5.85. The van der Waals surface area contributed by atoms with Crippen molar-refractivity contribution < 1.29 is 9.47 Å². The van der Waals surface area contributed by atoms with Crippen molar-refractivity contribution >= 4 is 0 Å². The van der Waals surface area contributed by atoms with E-state index in [-0.39, 0.29) is 0 Å². The van der Waals surface area contributed by atoms with Crippen LogP contribution in [-0.2, 0) is 4.74 Å². The number of hydrogen-bond donors (Lipinski definition) is 1. The number of methoxy groups -OCH3 is 1. The van der Waals surface area contributed by atoms with Gasteiger partial charge in [-0.2, -0.15) is 0 Å². The average molecular weight is 292 g/mol. The van der Waals surface area contributed by atoms with Crippen LogP contribution in [0.25, 0.3) is 0 Å². The van der Waals surface area contributed by atoms with Gasteiger partial charge in [-0.15, -0.1) is 0 Å². The molecule has 1 aliphatic heterocycles. The molecule has 1 aromatic carbocycles. The van der Waals surface area contributed by atoms with Gasteiger partial charge < -0.3 is 14.8 Å². The SMILES string of the molecule is CNC(c1ccc(OC)cc1)C(C)N(C)CC1CCCO1. The second-order valence-electron chi connectivity index (χ2n) is 5.85. The van der Waals surface area contributed by atoms with Gasteiger partial charge in [0, 0.05) is 25.2 Å². The van der Waals surface area contributed by atoms with E-state index in [9.17, 15) is 0 Å². The van der Waals surface area contributed by atoms with Crippen molar-refractivity contribution in [2.75, 3.05) is 34.4 Å². The average Bonchev–Trinajstić information content (AvgIpc) is 3.01. The first-order valence-corrected chi connectivity index (χ1v) is 7.78. The van der Waals surface area contributed by atoms with Gasteiger partial charge in [0.15, 0.2) is 0 Å². The molecule has 0 saturated carbocycles. The summed E-state index contributed by atoms with van der Waals surface area (Å²) in [6.07, 6.45) is 2.77. The zero-order valence-corrected chi connectivity index (χ0v) is 13.6. The van der Waals surface area contributed by atoms with E-state index in [2.05, 4.69) is 36.3 Å². The second kappa shape index (κ2) is 7.78. The van der Waals surface area contributed by atoms with Crippen molar-refractivity contribution in [2.45, 2.75) is 38.0 Å². The molecule has 0 radical (unpaired) electrons. The molecule has 1 N–H and O–H groups in total. The summed E-state index contributed by atoms with van der Waals surface area (Å²) in [5, 5.41) is 3.44. The summed E-state index contributed by atoms with van der Waals surface area (Å²) in [7, 11) is 5.90. The van der Waals surface area contributed by atoms with Crippen LogP contribution >= 0.6 is 0 Å². The number of ether oxygens (including phenoxy) is 2. The zero-order chi connectivity index (χ0) is 15.2. The smallest absolute Gasteiger partial charge is 0.118 e. The monoisotopic (exact) mass is 292 g/mol. The first-order valence-electron chi connectivity index (χ1n) is 7.78. The minimum atomic E-state index is 0.294. The predicted octanol–water partition coefficient (Wildman–Crippen LogP) is 2.46. The topological polar surface area (TPSA) is 33.7 Å². The van der Waals surface area contributed by atoms with E-state index in [1.165, 1.54) is 18.4 Å². The predicted molar refractivity (Wildman–Crippen MR) is 85.9 cm³/mol. The Morgan fingerprint density at radius 1 is 1.38 bits per heavy atom. The van der Waals surface area contributed by atoms with Crippen LogP contribution in [0.5, 0.6) is 5.75 Å². The summed E-state index contributed by atoms with van der Waals surface area (Å²) in [4.78, 5) is 2.39. The molecule has 0 bridgehead atoms. The minimum absolute atomic E-state index is 0.294. The van der Waals surface area contributed by atoms with Gasteiger partial charge in [-0.1, -0.05) is 12.1 Å². The molecule has 1 heterocycles. The van der Waals surface area contributed by atoms with Crippen LogP contribution in [0.1, 0.15) is 31.4 Å². The molecule has 118 valence electrons. The van der Waals surface area contributed by atoms with Crippen LogP contribution < -0.4 is 10.1 Å². The van der Waals surface area contributed by atoms with Crippen LogP contribution in [0.3, 0.4) is 0 Å². The van der Waals surface area contributed by atoms with Crippen molar-refractivity contribution in [1.82, 2.24) is 10.2 Å². The van der Waals surface area contributed by atoms with Crippen LogP contribution in [0.2, 0.25) is 0 Å². The van der Waals surface area contributed by atoms with Gasteiger partial charge in [0.25, 0.3) is 0 Å². The van der Waals surface area contributed by atoms with Gasteiger partial charge in [-0.25, -0.2) is 0 Å². The van der Waals surface area contributed by atoms with Crippen molar-refractivity contribution in [3.63, 3.8) is 0 Å². The molecule has 0 aliphatic carbocycles. The molecule has 3 unspecified atom stereocenters. The fourth-order valence-electron chi connectivity index (χ4n) is 3.03. The van der Waals surface area contributed by atoms with Crippen LogP contribution in [0.15, 0.2) is 24.3 Å².